The standard InChI is InChI=1S/C26H31N3O2S/c1-28-19-23(18-27-28)32(30,31)15-12-21-8-9-22-10-11-26(29-13-5-14-29)25(24(22)16-21)17-20-6-3-2-4-7-20/h2-4,6-9,16,18-19,25-26H,5,10-15,17H2,1H3. The molecule has 1 aromatic heterocycles. The summed E-state index contributed by atoms with van der Waals surface area (Å²) in [6.45, 7) is 2.41. The molecular weight excluding hydrogens is 418 g/mol. The Morgan fingerprint density at radius 3 is 2.56 bits per heavy atom. The molecule has 6 heteroatoms. The Morgan fingerprint density at radius 2 is 1.88 bits per heavy atom. The van der Waals surface area contributed by atoms with Crippen molar-refractivity contribution in [2.24, 2.45) is 7.05 Å². The van der Waals surface area contributed by atoms with Crippen LogP contribution in [0.3, 0.4) is 0 Å². The number of nitrogens with zero attached hydrogens (tertiary/aromatic N) is 3. The van der Waals surface area contributed by atoms with E-state index in [2.05, 4.69) is 58.5 Å². The summed E-state index contributed by atoms with van der Waals surface area (Å²) < 4.78 is 27.0. The number of aryl methyl sites for hydroxylation is 3. The number of aromatic nitrogens is 2. The third-order valence-corrected chi connectivity index (χ3v) is 8.81. The number of benzene rings is 2. The second-order valence-corrected chi connectivity index (χ2v) is 11.4. The van der Waals surface area contributed by atoms with Gasteiger partial charge in [0.25, 0.3) is 0 Å². The number of hydrogen-bond acceptors (Lipinski definition) is 4. The highest BCUT2D eigenvalue weighted by atomic mass is 32.2. The van der Waals surface area contributed by atoms with Crippen LogP contribution >= 0.6 is 0 Å². The van der Waals surface area contributed by atoms with Crippen molar-refractivity contribution in [3.05, 3.63) is 83.2 Å². The van der Waals surface area contributed by atoms with Crippen molar-refractivity contribution in [2.75, 3.05) is 18.8 Å². The molecule has 1 aliphatic heterocycles. The largest absolute Gasteiger partial charge is 0.300 e. The van der Waals surface area contributed by atoms with Gasteiger partial charge in [0, 0.05) is 25.2 Å². The van der Waals surface area contributed by atoms with Crippen molar-refractivity contribution in [1.82, 2.24) is 14.7 Å². The first-order chi connectivity index (χ1) is 15.5. The molecule has 2 aliphatic rings. The molecule has 168 valence electrons. The van der Waals surface area contributed by atoms with Crippen molar-refractivity contribution >= 4 is 9.84 Å². The fourth-order valence-electron chi connectivity index (χ4n) is 5.24. The SMILES string of the molecule is Cn1cc(S(=O)(=O)CCc2ccc3c(c2)C(Cc2ccccc2)C(N2CCC2)CC3)cn1. The van der Waals surface area contributed by atoms with E-state index < -0.39 is 9.84 Å². The minimum Gasteiger partial charge on any atom is -0.300 e. The van der Waals surface area contributed by atoms with Crippen molar-refractivity contribution in [1.29, 1.82) is 0 Å². The fraction of sp³-hybridized carbons (Fsp3) is 0.423. The maximum absolute atomic E-state index is 12.7. The molecule has 0 saturated carbocycles. The zero-order valence-electron chi connectivity index (χ0n) is 18.7. The Balaban J connectivity index is 1.40. The van der Waals surface area contributed by atoms with E-state index in [-0.39, 0.29) is 5.75 Å². The first-order valence-electron chi connectivity index (χ1n) is 11.6. The molecule has 5 rings (SSSR count). The van der Waals surface area contributed by atoms with Gasteiger partial charge in [0.1, 0.15) is 4.90 Å². The number of fused-ring (bicyclic) bond motifs is 1. The maximum Gasteiger partial charge on any atom is 0.181 e. The van der Waals surface area contributed by atoms with Gasteiger partial charge in [-0.15, -0.1) is 0 Å². The van der Waals surface area contributed by atoms with Gasteiger partial charge in [0.15, 0.2) is 9.84 Å². The summed E-state index contributed by atoms with van der Waals surface area (Å²) in [5.41, 5.74) is 5.34. The van der Waals surface area contributed by atoms with Crippen LogP contribution in [0.4, 0.5) is 0 Å². The van der Waals surface area contributed by atoms with Gasteiger partial charge in [-0.2, -0.15) is 5.10 Å². The molecule has 1 fully saturated rings. The first-order valence-corrected chi connectivity index (χ1v) is 13.3. The van der Waals surface area contributed by atoms with E-state index in [4.69, 9.17) is 0 Å². The third kappa shape index (κ3) is 4.39. The number of sulfone groups is 1. The summed E-state index contributed by atoms with van der Waals surface area (Å²) in [6, 6.07) is 18.0. The van der Waals surface area contributed by atoms with Gasteiger partial charge in [-0.3, -0.25) is 9.58 Å². The number of hydrogen-bond donors (Lipinski definition) is 0. The lowest BCUT2D eigenvalue weighted by molar-refractivity contribution is 0.0877. The average Bonchev–Trinajstić information content (AvgIpc) is 3.21. The van der Waals surface area contributed by atoms with Gasteiger partial charge >= 0.3 is 0 Å². The van der Waals surface area contributed by atoms with Crippen molar-refractivity contribution in [3.8, 4) is 0 Å². The van der Waals surface area contributed by atoms with Crippen LogP contribution in [0.5, 0.6) is 0 Å². The quantitative estimate of drug-likeness (QED) is 0.551. The molecule has 3 aromatic rings. The zero-order chi connectivity index (χ0) is 22.1. The molecule has 0 radical (unpaired) electrons. The number of likely N-dealkylation sites (tertiary alicyclic amines) is 1. The highest BCUT2D eigenvalue weighted by Gasteiger charge is 2.35. The molecule has 0 N–H and O–H groups in total. The second kappa shape index (κ2) is 8.83. The van der Waals surface area contributed by atoms with Crippen molar-refractivity contribution < 1.29 is 8.42 Å². The van der Waals surface area contributed by atoms with Crippen LogP contribution < -0.4 is 0 Å². The van der Waals surface area contributed by atoms with E-state index in [0.717, 1.165) is 18.4 Å². The van der Waals surface area contributed by atoms with Crippen LogP contribution in [0, 0.1) is 0 Å². The highest BCUT2D eigenvalue weighted by Crippen LogP contribution is 2.39. The minimum atomic E-state index is -3.33. The van der Waals surface area contributed by atoms with Crippen molar-refractivity contribution in [2.45, 2.75) is 49.0 Å². The third-order valence-electron chi connectivity index (χ3n) is 7.14. The van der Waals surface area contributed by atoms with Crippen LogP contribution in [0.2, 0.25) is 0 Å². The predicted molar refractivity (Wildman–Crippen MR) is 127 cm³/mol. The Hall–Kier alpha value is -2.44. The minimum absolute atomic E-state index is 0.108. The molecule has 0 spiro atoms. The van der Waals surface area contributed by atoms with E-state index in [1.54, 1.807) is 13.2 Å². The molecule has 2 aromatic carbocycles. The molecule has 1 aliphatic carbocycles. The summed E-state index contributed by atoms with van der Waals surface area (Å²) in [6.07, 6.45) is 8.19. The van der Waals surface area contributed by atoms with Crippen LogP contribution in [0.25, 0.3) is 0 Å². The zero-order valence-corrected chi connectivity index (χ0v) is 19.5. The Morgan fingerprint density at radius 1 is 1.06 bits per heavy atom. The van der Waals surface area contributed by atoms with Crippen LogP contribution in [-0.4, -0.2) is 48.0 Å². The van der Waals surface area contributed by atoms with Crippen LogP contribution in [0.1, 0.15) is 41.0 Å². The van der Waals surface area contributed by atoms with E-state index in [1.807, 2.05) is 0 Å². The van der Waals surface area contributed by atoms with Gasteiger partial charge in [0.2, 0.25) is 0 Å². The maximum atomic E-state index is 12.7. The van der Waals surface area contributed by atoms with E-state index in [9.17, 15) is 8.42 Å². The molecular formula is C26H31N3O2S. The molecule has 0 amide bonds. The van der Waals surface area contributed by atoms with Crippen LogP contribution in [0.15, 0.2) is 65.8 Å². The predicted octanol–water partition coefficient (Wildman–Crippen LogP) is 3.78. The van der Waals surface area contributed by atoms with Gasteiger partial charge < -0.3 is 0 Å². The van der Waals surface area contributed by atoms with E-state index >= 15 is 0 Å². The second-order valence-electron chi connectivity index (χ2n) is 9.24. The number of rotatable bonds is 7. The summed E-state index contributed by atoms with van der Waals surface area (Å²) in [7, 11) is -1.59. The molecule has 32 heavy (non-hydrogen) atoms. The molecule has 2 heterocycles. The summed E-state index contributed by atoms with van der Waals surface area (Å²) in [5, 5.41) is 4.02. The van der Waals surface area contributed by atoms with Gasteiger partial charge in [-0.1, -0.05) is 48.5 Å². The first kappa shape index (κ1) is 21.4. The molecule has 1 saturated heterocycles. The van der Waals surface area contributed by atoms with Gasteiger partial charge in [-0.25, -0.2) is 8.42 Å². The monoisotopic (exact) mass is 449 g/mol. The lowest BCUT2D eigenvalue weighted by Gasteiger charge is -2.45. The summed E-state index contributed by atoms with van der Waals surface area (Å²) in [4.78, 5) is 2.95. The normalized spacial score (nSPS) is 21.2. The molecule has 2 atom stereocenters. The summed E-state index contributed by atoms with van der Waals surface area (Å²) in [5.74, 6) is 0.562. The van der Waals surface area contributed by atoms with Crippen LogP contribution in [-0.2, 0) is 36.1 Å². The lowest BCUT2D eigenvalue weighted by atomic mass is 9.74. The van der Waals surface area contributed by atoms with Gasteiger partial charge in [0.05, 0.1) is 11.9 Å². The fourth-order valence-corrected chi connectivity index (χ4v) is 6.50. The Bertz CT molecular complexity index is 1180. The smallest absolute Gasteiger partial charge is 0.181 e. The van der Waals surface area contributed by atoms with E-state index in [1.165, 1.54) is 53.5 Å². The van der Waals surface area contributed by atoms with E-state index in [0.29, 0.717) is 23.3 Å². The Kier molecular flexibility index (Phi) is 5.91. The average molecular weight is 450 g/mol. The van der Waals surface area contributed by atoms with Gasteiger partial charge in [-0.05, 0) is 67.4 Å². The highest BCUT2D eigenvalue weighted by molar-refractivity contribution is 7.91. The topological polar surface area (TPSA) is 55.2 Å². The Labute approximate surface area is 191 Å². The molecule has 2 unspecified atom stereocenters. The molecule has 0 bridgehead atoms. The lowest BCUT2D eigenvalue weighted by Crippen LogP contribution is -2.49. The molecule has 5 nitrogen and oxygen atoms in total. The van der Waals surface area contributed by atoms with Crippen molar-refractivity contribution in [3.63, 3.8) is 0 Å². The summed E-state index contributed by atoms with van der Waals surface area (Å²) >= 11 is 0.